The van der Waals surface area contributed by atoms with Crippen molar-refractivity contribution in [2.45, 2.75) is 12.0 Å². The van der Waals surface area contributed by atoms with Gasteiger partial charge in [0.2, 0.25) is 0 Å². The van der Waals surface area contributed by atoms with E-state index >= 15 is 0 Å². The molecule has 0 aromatic heterocycles. The van der Waals surface area contributed by atoms with E-state index in [0.717, 1.165) is 36.4 Å². The first-order valence-electron chi connectivity index (χ1n) is 9.84. The number of hydrogen-bond donors (Lipinski definition) is 1. The van der Waals surface area contributed by atoms with Crippen LogP contribution in [-0.4, -0.2) is 50.7 Å². The van der Waals surface area contributed by atoms with Crippen molar-refractivity contribution in [2.75, 3.05) is 7.05 Å². The second kappa shape index (κ2) is 9.95. The minimum Gasteiger partial charge on any atom is -0.373 e. The Morgan fingerprint density at radius 2 is 1.32 bits per heavy atom. The van der Waals surface area contributed by atoms with E-state index in [-0.39, 0.29) is 11.1 Å². The van der Waals surface area contributed by atoms with Gasteiger partial charge in [-0.3, -0.25) is 45.0 Å². The predicted molar refractivity (Wildman–Crippen MR) is 123 cm³/mol. The molecule has 1 atom stereocenters. The van der Waals surface area contributed by atoms with Gasteiger partial charge in [-0.15, -0.1) is 0 Å². The fraction of sp³-hybridized carbons (Fsp3) is 0.158. The Morgan fingerprint density at radius 1 is 0.865 bits per heavy atom. The van der Waals surface area contributed by atoms with Gasteiger partial charge in [0, 0.05) is 42.4 Å². The van der Waals surface area contributed by atoms with Gasteiger partial charge in [0.1, 0.15) is 5.76 Å². The highest BCUT2D eigenvalue weighted by Gasteiger charge is 2.38. The second-order valence-corrected chi connectivity index (χ2v) is 8.57. The third-order valence-corrected chi connectivity index (χ3v) is 5.74. The van der Waals surface area contributed by atoms with Gasteiger partial charge in [-0.05, 0) is 24.3 Å². The lowest BCUT2D eigenvalue weighted by molar-refractivity contribution is -0.395. The molecular formula is C19H15N5O12S. The first-order chi connectivity index (χ1) is 17.2. The maximum atomic E-state index is 11.9. The molecule has 0 saturated heterocycles. The van der Waals surface area contributed by atoms with Gasteiger partial charge >= 0.3 is 10.4 Å². The van der Waals surface area contributed by atoms with Crippen LogP contribution in [0.3, 0.4) is 0 Å². The van der Waals surface area contributed by atoms with E-state index < -0.39 is 70.6 Å². The molecule has 1 N–H and O–H groups in total. The molecule has 1 heterocycles. The number of likely N-dealkylation sites (N-methyl/N-ethyl adjacent to an activating group) is 1. The third kappa shape index (κ3) is 5.82. The van der Waals surface area contributed by atoms with E-state index in [4.69, 9.17) is 4.55 Å². The smallest absolute Gasteiger partial charge is 0.373 e. The molecule has 3 rings (SSSR count). The van der Waals surface area contributed by atoms with Crippen LogP contribution in [0.25, 0.3) is 0 Å². The maximum absolute atomic E-state index is 11.9. The Hall–Kier alpha value is -4.97. The Bertz CT molecular complexity index is 1410. The molecule has 0 amide bonds. The van der Waals surface area contributed by atoms with E-state index in [1.807, 2.05) is 0 Å². The van der Waals surface area contributed by atoms with Crippen LogP contribution in [0.1, 0.15) is 17.0 Å². The number of non-ortho nitro benzene ring substituents is 2. The molecule has 0 saturated carbocycles. The van der Waals surface area contributed by atoms with Crippen LogP contribution in [0.5, 0.6) is 0 Å². The van der Waals surface area contributed by atoms with Crippen molar-refractivity contribution in [1.29, 1.82) is 0 Å². The van der Waals surface area contributed by atoms with Gasteiger partial charge in [-0.25, -0.2) is 0 Å². The van der Waals surface area contributed by atoms with Gasteiger partial charge < -0.3 is 9.08 Å². The predicted octanol–water partition coefficient (Wildman–Crippen LogP) is 2.98. The van der Waals surface area contributed by atoms with E-state index in [0.29, 0.717) is 12.1 Å². The number of nitro benzene ring substituents is 4. The monoisotopic (exact) mass is 537 g/mol. The van der Waals surface area contributed by atoms with Crippen LogP contribution in [-0.2, 0) is 14.6 Å². The summed E-state index contributed by atoms with van der Waals surface area (Å²) in [6.07, 6.45) is 3.47. The fourth-order valence-electron chi connectivity index (χ4n) is 3.81. The molecule has 2 aromatic carbocycles. The highest BCUT2D eigenvalue weighted by molar-refractivity contribution is 7.81. The molecular weight excluding hydrogens is 522 g/mol. The van der Waals surface area contributed by atoms with Crippen LogP contribution in [0.4, 0.5) is 22.7 Å². The molecule has 0 spiro atoms. The standard InChI is InChI=1S/C19H15N5O12S/c1-20-7-6-13(36-37(33,34)35)10-18(20)19(14-4-2-11(21(25)26)8-16(14)23(29)30)15-5-3-12(22(27)28)9-17(15)24(31)32/h2-10,18-19H,1H3,(H,33,34,35). The van der Waals surface area contributed by atoms with Gasteiger partial charge in [-0.2, -0.15) is 8.42 Å². The van der Waals surface area contributed by atoms with Crippen molar-refractivity contribution in [3.63, 3.8) is 0 Å². The fourth-order valence-corrected chi connectivity index (χ4v) is 4.16. The zero-order valence-corrected chi connectivity index (χ0v) is 19.2. The molecule has 18 heteroatoms. The molecule has 37 heavy (non-hydrogen) atoms. The topological polar surface area (TPSA) is 239 Å². The van der Waals surface area contributed by atoms with E-state index in [1.165, 1.54) is 18.1 Å². The average molecular weight is 537 g/mol. The van der Waals surface area contributed by atoms with Gasteiger partial charge in [0.05, 0.1) is 37.9 Å². The Morgan fingerprint density at radius 3 is 1.70 bits per heavy atom. The summed E-state index contributed by atoms with van der Waals surface area (Å²) in [5.74, 6) is -1.86. The zero-order chi connectivity index (χ0) is 27.7. The summed E-state index contributed by atoms with van der Waals surface area (Å²) in [5.41, 5.74) is -3.39. The SMILES string of the molecule is CN1C=CC(OS(=O)(=O)O)=CC1C(c1ccc([N+](=O)[O-])cc1[N+](=O)[O-])c1ccc([N+](=O)[O-])cc1[N+](=O)[O-]. The average Bonchev–Trinajstić information content (AvgIpc) is 2.80. The van der Waals surface area contributed by atoms with Crippen LogP contribution in [0, 0.1) is 40.5 Å². The normalized spacial score (nSPS) is 15.3. The summed E-state index contributed by atoms with van der Waals surface area (Å²) in [6.45, 7) is 0. The Labute approximate surface area is 206 Å². The van der Waals surface area contributed by atoms with Gasteiger partial charge in [0.25, 0.3) is 22.7 Å². The molecule has 1 aliphatic rings. The zero-order valence-electron chi connectivity index (χ0n) is 18.4. The van der Waals surface area contributed by atoms with Crippen molar-refractivity contribution in [1.82, 2.24) is 4.90 Å². The summed E-state index contributed by atoms with van der Waals surface area (Å²) < 4.78 is 36.0. The number of benzene rings is 2. The van der Waals surface area contributed by atoms with E-state index in [1.54, 1.807) is 0 Å². The number of allylic oxidation sites excluding steroid dienone is 1. The molecule has 17 nitrogen and oxygen atoms in total. The molecule has 0 bridgehead atoms. The van der Waals surface area contributed by atoms with Crippen LogP contribution >= 0.6 is 0 Å². The minimum absolute atomic E-state index is 0.262. The summed E-state index contributed by atoms with van der Waals surface area (Å²) in [6, 6.07) is 4.01. The lowest BCUT2D eigenvalue weighted by Crippen LogP contribution is -2.35. The number of rotatable bonds is 9. The summed E-state index contributed by atoms with van der Waals surface area (Å²) in [5, 5.41) is 46.2. The quantitative estimate of drug-likeness (QED) is 0.275. The van der Waals surface area contributed by atoms with E-state index in [2.05, 4.69) is 4.18 Å². The van der Waals surface area contributed by atoms with Gasteiger partial charge in [0.15, 0.2) is 0 Å². The first kappa shape index (κ1) is 26.6. The minimum atomic E-state index is -5.00. The Balaban J connectivity index is 2.37. The van der Waals surface area contributed by atoms with Crippen molar-refractivity contribution in [2.24, 2.45) is 0 Å². The van der Waals surface area contributed by atoms with Crippen molar-refractivity contribution in [3.8, 4) is 0 Å². The summed E-state index contributed by atoms with van der Waals surface area (Å²) in [7, 11) is -3.56. The van der Waals surface area contributed by atoms with Crippen molar-refractivity contribution >= 4 is 33.1 Å². The molecule has 0 aliphatic carbocycles. The first-order valence-corrected chi connectivity index (χ1v) is 11.2. The summed E-state index contributed by atoms with van der Waals surface area (Å²) >= 11 is 0. The largest absolute Gasteiger partial charge is 0.446 e. The number of nitrogens with zero attached hydrogens (tertiary/aromatic N) is 5. The third-order valence-electron chi connectivity index (χ3n) is 5.34. The van der Waals surface area contributed by atoms with Crippen LogP contribution < -0.4 is 0 Å². The highest BCUT2D eigenvalue weighted by atomic mass is 32.3. The molecule has 1 aliphatic heterocycles. The molecule has 194 valence electrons. The number of hydrogen-bond acceptors (Lipinski definition) is 12. The lowest BCUT2D eigenvalue weighted by Gasteiger charge is -2.34. The van der Waals surface area contributed by atoms with Crippen LogP contribution in [0.15, 0.2) is 60.5 Å². The molecule has 0 fully saturated rings. The molecule has 1 unspecified atom stereocenters. The second-order valence-electron chi connectivity index (χ2n) is 7.54. The van der Waals surface area contributed by atoms with Crippen LogP contribution in [0.2, 0.25) is 0 Å². The molecule has 2 aromatic rings. The molecule has 0 radical (unpaired) electrons. The van der Waals surface area contributed by atoms with Crippen molar-refractivity contribution in [3.05, 3.63) is 112 Å². The Kier molecular flexibility index (Phi) is 7.16. The van der Waals surface area contributed by atoms with E-state index in [9.17, 15) is 48.9 Å². The van der Waals surface area contributed by atoms with Gasteiger partial charge in [-0.1, -0.05) is 0 Å². The lowest BCUT2D eigenvalue weighted by atomic mass is 9.81. The number of nitro groups is 4. The summed E-state index contributed by atoms with van der Waals surface area (Å²) in [4.78, 5) is 43.9. The highest BCUT2D eigenvalue weighted by Crippen LogP contribution is 2.43. The van der Waals surface area contributed by atoms with Crippen molar-refractivity contribution < 1.29 is 36.8 Å². The maximum Gasteiger partial charge on any atom is 0.446 e.